The molecule has 0 aromatic carbocycles. The van der Waals surface area contributed by atoms with E-state index >= 15 is 0 Å². The van der Waals surface area contributed by atoms with Crippen molar-refractivity contribution in [2.45, 2.75) is 0 Å². The summed E-state index contributed by atoms with van der Waals surface area (Å²) in [6.45, 7) is 0. The molecule has 0 aliphatic rings. The maximum atomic E-state index is 13.5. The lowest BCUT2D eigenvalue weighted by atomic mass is 10.2. The number of aromatic nitrogens is 2. The Bertz CT molecular complexity index is 602. The van der Waals surface area contributed by atoms with Gasteiger partial charge in [-0.05, 0) is 6.07 Å². The zero-order valence-corrected chi connectivity index (χ0v) is 8.62. The zero-order chi connectivity index (χ0) is 11.9. The zero-order valence-electron chi connectivity index (χ0n) is 7.87. The van der Waals surface area contributed by atoms with Crippen LogP contribution in [0.5, 0.6) is 0 Å². The average molecular weight is 241 g/mol. The van der Waals surface area contributed by atoms with Crippen molar-refractivity contribution in [3.63, 3.8) is 0 Å². The first-order chi connectivity index (χ1) is 7.50. The lowest BCUT2D eigenvalue weighted by Gasteiger charge is -2.04. The summed E-state index contributed by atoms with van der Waals surface area (Å²) < 4.78 is 13.5. The maximum absolute atomic E-state index is 13.5. The number of nitrogens with zero attached hydrogens (tertiary/aromatic N) is 2. The highest BCUT2D eigenvalue weighted by Crippen LogP contribution is 2.23. The van der Waals surface area contributed by atoms with Gasteiger partial charge in [-0.1, -0.05) is 11.6 Å². The van der Waals surface area contributed by atoms with Gasteiger partial charge in [-0.15, -0.1) is 0 Å². The number of carbonyl (C=O) groups is 1. The molecule has 0 atom stereocenters. The van der Waals surface area contributed by atoms with Crippen LogP contribution in [-0.2, 0) is 0 Å². The van der Waals surface area contributed by atoms with Crippen LogP contribution in [0.4, 0.5) is 10.2 Å². The van der Waals surface area contributed by atoms with Gasteiger partial charge in [0.05, 0.1) is 5.56 Å². The predicted octanol–water partition coefficient (Wildman–Crippen LogP) is 1.10. The quantitative estimate of drug-likeness (QED) is 0.730. The lowest BCUT2D eigenvalue weighted by molar-refractivity contribution is 0.100. The van der Waals surface area contributed by atoms with Crippen molar-refractivity contribution in [2.75, 3.05) is 5.73 Å². The largest absolute Gasteiger partial charge is 0.383 e. The topological polar surface area (TPSA) is 94.9 Å². The third kappa shape index (κ3) is 1.53. The van der Waals surface area contributed by atoms with Gasteiger partial charge in [-0.2, -0.15) is 0 Å². The van der Waals surface area contributed by atoms with Crippen molar-refractivity contribution in [2.24, 2.45) is 5.73 Å². The predicted molar refractivity (Wildman–Crippen MR) is 57.4 cm³/mol. The second-order valence-electron chi connectivity index (χ2n) is 3.09. The van der Waals surface area contributed by atoms with Gasteiger partial charge in [0.25, 0.3) is 5.91 Å². The fraction of sp³-hybridized carbons (Fsp3) is 0. The number of primary amides is 1. The van der Waals surface area contributed by atoms with Gasteiger partial charge >= 0.3 is 0 Å². The van der Waals surface area contributed by atoms with E-state index in [1.165, 1.54) is 12.3 Å². The molecule has 5 nitrogen and oxygen atoms in total. The molecule has 82 valence electrons. The van der Waals surface area contributed by atoms with Gasteiger partial charge in [-0.25, -0.2) is 14.4 Å². The van der Waals surface area contributed by atoms with E-state index in [4.69, 9.17) is 23.1 Å². The second-order valence-corrected chi connectivity index (χ2v) is 3.44. The van der Waals surface area contributed by atoms with E-state index in [1.54, 1.807) is 0 Å². The van der Waals surface area contributed by atoms with Gasteiger partial charge in [0.15, 0.2) is 11.0 Å². The molecule has 2 aromatic rings. The van der Waals surface area contributed by atoms with Crippen LogP contribution in [0.15, 0.2) is 12.3 Å². The van der Waals surface area contributed by atoms with Gasteiger partial charge in [0.1, 0.15) is 11.3 Å². The molecular weight excluding hydrogens is 235 g/mol. The summed E-state index contributed by atoms with van der Waals surface area (Å²) in [4.78, 5) is 18.3. The van der Waals surface area contributed by atoms with Gasteiger partial charge < -0.3 is 11.5 Å². The van der Waals surface area contributed by atoms with Crippen LogP contribution in [-0.4, -0.2) is 15.9 Å². The molecule has 0 radical (unpaired) electrons. The van der Waals surface area contributed by atoms with E-state index in [0.29, 0.717) is 5.39 Å². The Morgan fingerprint density at radius 3 is 2.81 bits per heavy atom. The van der Waals surface area contributed by atoms with Gasteiger partial charge in [0.2, 0.25) is 0 Å². The molecule has 2 rings (SSSR count). The molecule has 1 amide bonds. The van der Waals surface area contributed by atoms with Crippen LogP contribution in [0.1, 0.15) is 10.4 Å². The first kappa shape index (κ1) is 10.6. The summed E-state index contributed by atoms with van der Waals surface area (Å²) in [5.74, 6) is -1.65. The Morgan fingerprint density at radius 1 is 1.50 bits per heavy atom. The Labute approximate surface area is 94.2 Å². The van der Waals surface area contributed by atoms with Crippen molar-refractivity contribution in [3.05, 3.63) is 28.8 Å². The van der Waals surface area contributed by atoms with E-state index in [1.807, 2.05) is 0 Å². The van der Waals surface area contributed by atoms with Crippen LogP contribution in [0.3, 0.4) is 0 Å². The average Bonchev–Trinajstić information content (AvgIpc) is 2.23. The Kier molecular flexibility index (Phi) is 2.35. The standard InChI is InChI=1S/C9H6ClFN4O/c10-7-5(11)6-3(2-14-7)1-4(9(13)16)8(12)15-6/h1-2H,(H2,12,15)(H2,13,16). The number of hydrogen-bond donors (Lipinski definition) is 2. The number of nitrogen functional groups attached to an aromatic ring is 1. The molecule has 16 heavy (non-hydrogen) atoms. The van der Waals surface area contributed by atoms with E-state index in [2.05, 4.69) is 9.97 Å². The summed E-state index contributed by atoms with van der Waals surface area (Å²) in [6, 6.07) is 1.33. The summed E-state index contributed by atoms with van der Waals surface area (Å²) in [5.41, 5.74) is 10.5. The minimum absolute atomic E-state index is 0.0241. The molecule has 0 aliphatic heterocycles. The van der Waals surface area contributed by atoms with Gasteiger partial charge in [0, 0.05) is 11.6 Å². The summed E-state index contributed by atoms with van der Waals surface area (Å²) in [5, 5.41) is 0.0103. The third-order valence-corrected chi connectivity index (χ3v) is 2.32. The number of anilines is 1. The molecule has 0 saturated heterocycles. The van der Waals surface area contributed by atoms with Crippen LogP contribution in [0.25, 0.3) is 10.9 Å². The van der Waals surface area contributed by atoms with Crippen LogP contribution < -0.4 is 11.5 Å². The van der Waals surface area contributed by atoms with Crippen LogP contribution in [0.2, 0.25) is 5.15 Å². The van der Waals surface area contributed by atoms with E-state index in [-0.39, 0.29) is 22.1 Å². The number of hydrogen-bond acceptors (Lipinski definition) is 4. The Morgan fingerprint density at radius 2 is 2.19 bits per heavy atom. The smallest absolute Gasteiger partial charge is 0.252 e. The van der Waals surface area contributed by atoms with Crippen molar-refractivity contribution in [3.8, 4) is 0 Å². The third-order valence-electron chi connectivity index (χ3n) is 2.05. The van der Waals surface area contributed by atoms with Crippen LogP contribution in [0, 0.1) is 5.82 Å². The number of halogens is 2. The number of amides is 1. The number of pyridine rings is 2. The minimum atomic E-state index is -0.776. The number of nitrogens with two attached hydrogens (primary N) is 2. The lowest BCUT2D eigenvalue weighted by Crippen LogP contribution is -2.14. The highest BCUT2D eigenvalue weighted by atomic mass is 35.5. The molecule has 0 unspecified atom stereocenters. The molecule has 2 aromatic heterocycles. The monoisotopic (exact) mass is 240 g/mol. The number of carbonyl (C=O) groups excluding carboxylic acids is 1. The van der Waals surface area contributed by atoms with E-state index < -0.39 is 11.7 Å². The first-order valence-electron chi connectivity index (χ1n) is 4.20. The molecule has 2 heterocycles. The van der Waals surface area contributed by atoms with Crippen molar-refractivity contribution >= 4 is 34.2 Å². The van der Waals surface area contributed by atoms with E-state index in [9.17, 15) is 9.18 Å². The van der Waals surface area contributed by atoms with Crippen molar-refractivity contribution in [1.82, 2.24) is 9.97 Å². The Balaban J connectivity index is 2.84. The van der Waals surface area contributed by atoms with Crippen LogP contribution >= 0.6 is 11.6 Å². The molecule has 0 aliphatic carbocycles. The van der Waals surface area contributed by atoms with Gasteiger partial charge in [-0.3, -0.25) is 4.79 Å². The SMILES string of the molecule is NC(=O)c1cc2cnc(Cl)c(F)c2nc1N. The molecule has 7 heteroatoms. The molecule has 0 fully saturated rings. The fourth-order valence-corrected chi connectivity index (χ4v) is 1.43. The second kappa shape index (κ2) is 3.57. The van der Waals surface area contributed by atoms with Crippen molar-refractivity contribution in [1.29, 1.82) is 0 Å². The summed E-state index contributed by atoms with van der Waals surface area (Å²) >= 11 is 5.48. The highest BCUT2D eigenvalue weighted by molar-refractivity contribution is 6.30. The number of rotatable bonds is 1. The summed E-state index contributed by atoms with van der Waals surface area (Å²) in [7, 11) is 0. The van der Waals surface area contributed by atoms with E-state index in [0.717, 1.165) is 0 Å². The molecule has 0 bridgehead atoms. The summed E-state index contributed by atoms with van der Waals surface area (Å²) in [6.07, 6.45) is 1.29. The molecule has 0 spiro atoms. The first-order valence-corrected chi connectivity index (χ1v) is 4.58. The molecule has 0 saturated carbocycles. The Hall–Kier alpha value is -1.95. The maximum Gasteiger partial charge on any atom is 0.252 e. The minimum Gasteiger partial charge on any atom is -0.383 e. The molecule has 4 N–H and O–H groups in total. The van der Waals surface area contributed by atoms with Crippen molar-refractivity contribution < 1.29 is 9.18 Å². The molecular formula is C9H6ClFN4O. The fourth-order valence-electron chi connectivity index (χ4n) is 1.30. The number of fused-ring (bicyclic) bond motifs is 1. The normalized spacial score (nSPS) is 10.6. The highest BCUT2D eigenvalue weighted by Gasteiger charge is 2.13.